The SMILES string of the molecule is O=C1/C(=C\c2c(OCc3ccccc3Cl)ccc3ccccc23)SC(=NCc2ccccc2)N1Cc1ccccc1. The van der Waals surface area contributed by atoms with Gasteiger partial charge in [0.15, 0.2) is 5.17 Å². The summed E-state index contributed by atoms with van der Waals surface area (Å²) in [5, 5.41) is 3.42. The lowest BCUT2D eigenvalue weighted by atomic mass is 10.0. The Morgan fingerprint density at radius 3 is 2.24 bits per heavy atom. The number of benzene rings is 5. The van der Waals surface area contributed by atoms with Crippen LogP contribution < -0.4 is 4.74 Å². The fraction of sp³-hybridized carbons (Fsp3) is 0.0857. The Morgan fingerprint density at radius 2 is 1.46 bits per heavy atom. The van der Waals surface area contributed by atoms with Crippen LogP contribution in [0.5, 0.6) is 5.75 Å². The maximum absolute atomic E-state index is 13.9. The number of amides is 1. The minimum atomic E-state index is -0.0735. The predicted molar refractivity (Wildman–Crippen MR) is 170 cm³/mol. The number of amidine groups is 1. The first-order chi connectivity index (χ1) is 20.2. The Balaban J connectivity index is 1.37. The molecule has 1 saturated heterocycles. The molecule has 0 aliphatic carbocycles. The zero-order valence-corrected chi connectivity index (χ0v) is 23.8. The quantitative estimate of drug-likeness (QED) is 0.174. The van der Waals surface area contributed by atoms with Crippen LogP contribution in [0, 0.1) is 0 Å². The molecule has 0 unspecified atom stereocenters. The molecule has 41 heavy (non-hydrogen) atoms. The van der Waals surface area contributed by atoms with Crippen molar-refractivity contribution in [2.45, 2.75) is 19.7 Å². The third kappa shape index (κ3) is 6.22. The molecule has 5 aromatic carbocycles. The van der Waals surface area contributed by atoms with E-state index < -0.39 is 0 Å². The number of thioether (sulfide) groups is 1. The Kier molecular flexibility index (Phi) is 8.17. The third-order valence-electron chi connectivity index (χ3n) is 6.86. The number of carbonyl (C=O) groups excluding carboxylic acids is 1. The molecule has 1 heterocycles. The van der Waals surface area contributed by atoms with E-state index in [0.29, 0.717) is 40.5 Å². The summed E-state index contributed by atoms with van der Waals surface area (Å²) in [6.45, 7) is 1.26. The predicted octanol–water partition coefficient (Wildman–Crippen LogP) is 8.74. The molecule has 0 N–H and O–H groups in total. The highest BCUT2D eigenvalue weighted by Gasteiger charge is 2.33. The molecule has 0 spiro atoms. The van der Waals surface area contributed by atoms with Gasteiger partial charge in [-0.25, -0.2) is 0 Å². The molecule has 0 atom stereocenters. The highest BCUT2D eigenvalue weighted by Crippen LogP contribution is 2.38. The number of halogens is 1. The van der Waals surface area contributed by atoms with Gasteiger partial charge in [-0.15, -0.1) is 0 Å². The minimum Gasteiger partial charge on any atom is -0.488 e. The van der Waals surface area contributed by atoms with Gasteiger partial charge in [-0.1, -0.05) is 121 Å². The summed E-state index contributed by atoms with van der Waals surface area (Å²) in [5.41, 5.74) is 3.89. The molecule has 4 nitrogen and oxygen atoms in total. The van der Waals surface area contributed by atoms with Gasteiger partial charge in [-0.2, -0.15) is 0 Å². The van der Waals surface area contributed by atoms with Crippen molar-refractivity contribution < 1.29 is 9.53 Å². The highest BCUT2D eigenvalue weighted by molar-refractivity contribution is 8.18. The van der Waals surface area contributed by atoms with Crippen molar-refractivity contribution in [3.63, 3.8) is 0 Å². The van der Waals surface area contributed by atoms with Crippen LogP contribution in [0.3, 0.4) is 0 Å². The lowest BCUT2D eigenvalue weighted by Crippen LogP contribution is -2.28. The van der Waals surface area contributed by atoms with E-state index in [1.165, 1.54) is 11.8 Å². The van der Waals surface area contributed by atoms with Gasteiger partial charge >= 0.3 is 0 Å². The molecule has 1 aliphatic heterocycles. The smallest absolute Gasteiger partial charge is 0.267 e. The lowest BCUT2D eigenvalue weighted by Gasteiger charge is -2.16. The van der Waals surface area contributed by atoms with Crippen LogP contribution in [-0.4, -0.2) is 16.0 Å². The Morgan fingerprint density at radius 1 is 0.780 bits per heavy atom. The standard InChI is InChI=1S/C35H27ClN2O2S/c36-31-18-10-8-16-28(31)24-40-32-20-19-27-15-7-9-17-29(27)30(32)21-33-34(39)38(23-26-13-5-2-6-14-26)35(41-33)37-22-25-11-3-1-4-12-25/h1-21H,22-24H2/b33-21+,37-35?. The molecule has 1 aliphatic rings. The number of hydrogen-bond acceptors (Lipinski definition) is 4. The molecular weight excluding hydrogens is 548 g/mol. The van der Waals surface area contributed by atoms with Crippen LogP contribution in [0.15, 0.2) is 131 Å². The van der Waals surface area contributed by atoms with Gasteiger partial charge in [-0.3, -0.25) is 14.7 Å². The zero-order chi connectivity index (χ0) is 28.0. The van der Waals surface area contributed by atoms with Crippen molar-refractivity contribution in [1.29, 1.82) is 0 Å². The van der Waals surface area contributed by atoms with Crippen LogP contribution in [0.2, 0.25) is 5.02 Å². The van der Waals surface area contributed by atoms with E-state index in [-0.39, 0.29) is 5.91 Å². The monoisotopic (exact) mass is 574 g/mol. The van der Waals surface area contributed by atoms with Crippen molar-refractivity contribution >= 4 is 51.3 Å². The molecule has 0 saturated carbocycles. The molecule has 6 rings (SSSR count). The molecule has 6 heteroatoms. The molecule has 202 valence electrons. The fourth-order valence-electron chi connectivity index (χ4n) is 4.73. The average Bonchev–Trinajstić information content (AvgIpc) is 3.30. The van der Waals surface area contributed by atoms with Gasteiger partial charge in [0.05, 0.1) is 18.0 Å². The van der Waals surface area contributed by atoms with Gasteiger partial charge in [-0.05, 0) is 51.9 Å². The maximum atomic E-state index is 13.9. The number of carbonyl (C=O) groups is 1. The average molecular weight is 575 g/mol. The Bertz CT molecular complexity index is 1750. The van der Waals surface area contributed by atoms with Gasteiger partial charge < -0.3 is 4.74 Å². The van der Waals surface area contributed by atoms with Gasteiger partial charge in [0.25, 0.3) is 5.91 Å². The summed E-state index contributed by atoms with van der Waals surface area (Å²) in [6, 6.07) is 39.9. The first-order valence-electron chi connectivity index (χ1n) is 13.4. The van der Waals surface area contributed by atoms with E-state index in [1.807, 2.05) is 115 Å². The van der Waals surface area contributed by atoms with Crippen molar-refractivity contribution in [2.75, 3.05) is 0 Å². The van der Waals surface area contributed by atoms with Crippen LogP contribution in [-0.2, 0) is 24.5 Å². The number of ether oxygens (including phenoxy) is 1. The third-order valence-corrected chi connectivity index (χ3v) is 8.27. The lowest BCUT2D eigenvalue weighted by molar-refractivity contribution is -0.122. The molecular formula is C35H27ClN2O2S. The summed E-state index contributed by atoms with van der Waals surface area (Å²) < 4.78 is 6.32. The van der Waals surface area contributed by atoms with E-state index in [0.717, 1.165) is 33.0 Å². The van der Waals surface area contributed by atoms with E-state index in [1.54, 1.807) is 4.90 Å². The van der Waals surface area contributed by atoms with Crippen LogP contribution in [0.25, 0.3) is 16.8 Å². The first-order valence-corrected chi connectivity index (χ1v) is 14.6. The summed E-state index contributed by atoms with van der Waals surface area (Å²) in [6.07, 6.45) is 1.94. The van der Waals surface area contributed by atoms with Crippen molar-refractivity contribution in [3.8, 4) is 5.75 Å². The summed E-state index contributed by atoms with van der Waals surface area (Å²) >= 11 is 7.80. The Hall–Kier alpha value is -4.32. The fourth-order valence-corrected chi connectivity index (χ4v) is 5.87. The van der Waals surface area contributed by atoms with Crippen LogP contribution >= 0.6 is 23.4 Å². The number of rotatable bonds is 8. The summed E-state index contributed by atoms with van der Waals surface area (Å²) in [5.74, 6) is 0.615. The van der Waals surface area contributed by atoms with Crippen molar-refractivity contribution in [2.24, 2.45) is 4.99 Å². The second-order valence-corrected chi connectivity index (χ2v) is 11.1. The zero-order valence-electron chi connectivity index (χ0n) is 22.2. The van der Waals surface area contributed by atoms with E-state index in [4.69, 9.17) is 21.3 Å². The topological polar surface area (TPSA) is 41.9 Å². The Labute approximate surface area is 249 Å². The summed E-state index contributed by atoms with van der Waals surface area (Å²) in [4.78, 5) is 21.2. The second kappa shape index (κ2) is 12.5. The van der Waals surface area contributed by atoms with E-state index >= 15 is 0 Å². The van der Waals surface area contributed by atoms with Crippen LogP contribution in [0.1, 0.15) is 22.3 Å². The highest BCUT2D eigenvalue weighted by atomic mass is 35.5. The van der Waals surface area contributed by atoms with Crippen molar-refractivity contribution in [1.82, 2.24) is 4.90 Å². The number of hydrogen-bond donors (Lipinski definition) is 0. The normalized spacial score (nSPS) is 15.2. The van der Waals surface area contributed by atoms with Gasteiger partial charge in [0, 0.05) is 16.1 Å². The minimum absolute atomic E-state index is 0.0735. The molecule has 0 aromatic heterocycles. The molecule has 1 amide bonds. The van der Waals surface area contributed by atoms with E-state index in [9.17, 15) is 4.79 Å². The van der Waals surface area contributed by atoms with E-state index in [2.05, 4.69) is 12.1 Å². The molecule has 5 aromatic rings. The van der Waals surface area contributed by atoms with Crippen LogP contribution in [0.4, 0.5) is 0 Å². The van der Waals surface area contributed by atoms with Gasteiger partial charge in [0.1, 0.15) is 12.4 Å². The first kappa shape index (κ1) is 26.9. The second-order valence-electron chi connectivity index (χ2n) is 9.65. The molecule has 0 bridgehead atoms. The number of fused-ring (bicyclic) bond motifs is 1. The molecule has 1 fully saturated rings. The summed E-state index contributed by atoms with van der Waals surface area (Å²) in [7, 11) is 0. The molecule has 0 radical (unpaired) electrons. The number of aliphatic imine (C=N–C) groups is 1. The number of nitrogens with zero attached hydrogens (tertiary/aromatic N) is 2. The van der Waals surface area contributed by atoms with Crippen molar-refractivity contribution in [3.05, 3.63) is 154 Å². The van der Waals surface area contributed by atoms with Gasteiger partial charge in [0.2, 0.25) is 0 Å². The largest absolute Gasteiger partial charge is 0.488 e. The maximum Gasteiger partial charge on any atom is 0.267 e.